The van der Waals surface area contributed by atoms with Gasteiger partial charge in [-0.2, -0.15) is 8.61 Å². The van der Waals surface area contributed by atoms with Crippen LogP contribution in [-0.2, 0) is 24.8 Å². The minimum atomic E-state index is -4.29. The first-order valence-corrected chi connectivity index (χ1v) is 19.8. The maximum atomic E-state index is 15.8. The summed E-state index contributed by atoms with van der Waals surface area (Å²) in [4.78, 5) is 22.7. The predicted octanol–water partition coefficient (Wildman–Crippen LogP) is 4.07. The van der Waals surface area contributed by atoms with Crippen LogP contribution in [0.3, 0.4) is 0 Å². The minimum absolute atomic E-state index is 0.0338. The molecule has 4 saturated heterocycles. The molecule has 0 spiro atoms. The summed E-state index contributed by atoms with van der Waals surface area (Å²) in [5, 5.41) is 3.78. The Morgan fingerprint density at radius 2 is 1.53 bits per heavy atom. The van der Waals surface area contributed by atoms with Crippen molar-refractivity contribution in [1.82, 2.24) is 28.8 Å². The fourth-order valence-electron chi connectivity index (χ4n) is 8.48. The second kappa shape index (κ2) is 12.1. The van der Waals surface area contributed by atoms with Gasteiger partial charge in [0.25, 0.3) is 0 Å². The first-order valence-electron chi connectivity index (χ1n) is 17.0. The molecule has 2 aromatic heterocycles. The zero-order valence-electron chi connectivity index (χ0n) is 28.3. The van der Waals surface area contributed by atoms with Gasteiger partial charge in [-0.3, -0.25) is 9.97 Å². The van der Waals surface area contributed by atoms with Gasteiger partial charge in [0.2, 0.25) is 20.0 Å². The SMILES string of the molecule is CC(C)(C)OC(=O)N1CC(c2ccc(S(=O)(=O)N3C[C@@H]4CCN[C@@H]4C3)c3c(F)cncc23)[C@H]2CN(S(=O)(=O)c3cccc4cncc(F)c34)C[C@H]21. The lowest BCUT2D eigenvalue weighted by Crippen LogP contribution is -2.43. The maximum Gasteiger partial charge on any atom is 0.410 e. The monoisotopic (exact) mass is 740 g/mol. The lowest BCUT2D eigenvalue weighted by molar-refractivity contribution is 0.0221. The van der Waals surface area contributed by atoms with Crippen molar-refractivity contribution in [2.45, 2.75) is 60.6 Å². The predicted molar refractivity (Wildman–Crippen MR) is 184 cm³/mol. The smallest absolute Gasteiger partial charge is 0.410 e. The summed E-state index contributed by atoms with van der Waals surface area (Å²) in [7, 11) is -8.38. The van der Waals surface area contributed by atoms with E-state index in [1.807, 2.05) is 0 Å². The third-order valence-electron chi connectivity index (χ3n) is 10.8. The Morgan fingerprint density at radius 3 is 2.25 bits per heavy atom. The molecule has 0 aliphatic carbocycles. The molecule has 4 aliphatic heterocycles. The number of nitrogens with zero attached hydrogens (tertiary/aromatic N) is 5. The molecule has 51 heavy (non-hydrogen) atoms. The van der Waals surface area contributed by atoms with Crippen LogP contribution >= 0.6 is 0 Å². The molecule has 6 heterocycles. The lowest BCUT2D eigenvalue weighted by Gasteiger charge is -2.29. The van der Waals surface area contributed by atoms with E-state index in [0.717, 1.165) is 25.4 Å². The lowest BCUT2D eigenvalue weighted by atomic mass is 9.85. The molecule has 270 valence electrons. The summed E-state index contributed by atoms with van der Waals surface area (Å²) >= 11 is 0. The van der Waals surface area contributed by atoms with Crippen molar-refractivity contribution in [3.63, 3.8) is 0 Å². The molecule has 1 unspecified atom stereocenters. The van der Waals surface area contributed by atoms with Gasteiger partial charge in [-0.15, -0.1) is 0 Å². The molecule has 5 atom stereocenters. The summed E-state index contributed by atoms with van der Waals surface area (Å²) in [6.45, 7) is 6.66. The number of amides is 1. The van der Waals surface area contributed by atoms with Crippen LogP contribution in [0.2, 0.25) is 0 Å². The fourth-order valence-corrected chi connectivity index (χ4v) is 11.9. The first kappa shape index (κ1) is 34.3. The third kappa shape index (κ3) is 5.66. The molecule has 1 N–H and O–H groups in total. The summed E-state index contributed by atoms with van der Waals surface area (Å²) in [5.74, 6) is -2.42. The molecule has 4 fully saturated rings. The first-order chi connectivity index (χ1) is 24.1. The van der Waals surface area contributed by atoms with Crippen molar-refractivity contribution in [2.75, 3.05) is 39.3 Å². The summed E-state index contributed by atoms with van der Waals surface area (Å²) in [5.41, 5.74) is -0.304. The molecule has 4 aromatic rings. The Balaban J connectivity index is 1.20. The average molecular weight is 741 g/mol. The second-order valence-corrected chi connectivity index (χ2v) is 18.7. The number of pyridine rings is 2. The molecule has 0 bridgehead atoms. The number of carbonyl (C=O) groups excluding carboxylic acids is 1. The van der Waals surface area contributed by atoms with E-state index in [0.29, 0.717) is 24.0 Å². The Morgan fingerprint density at radius 1 is 0.843 bits per heavy atom. The summed E-state index contributed by atoms with van der Waals surface area (Å²) < 4.78 is 95.9. The van der Waals surface area contributed by atoms with Gasteiger partial charge in [-0.25, -0.2) is 30.4 Å². The Hall–Kier alpha value is -3.83. The number of nitrogens with one attached hydrogen (secondary N) is 1. The van der Waals surface area contributed by atoms with Gasteiger partial charge in [0.1, 0.15) is 5.60 Å². The zero-order valence-corrected chi connectivity index (χ0v) is 29.9. The van der Waals surface area contributed by atoms with Gasteiger partial charge in [-0.05, 0) is 57.4 Å². The average Bonchev–Trinajstić information content (AvgIpc) is 3.85. The molecule has 4 aliphatic rings. The molecule has 2 aromatic carbocycles. The van der Waals surface area contributed by atoms with E-state index < -0.39 is 61.3 Å². The van der Waals surface area contributed by atoms with Crippen LogP contribution in [0.5, 0.6) is 0 Å². The zero-order chi connectivity index (χ0) is 36.0. The van der Waals surface area contributed by atoms with E-state index >= 15 is 8.78 Å². The van der Waals surface area contributed by atoms with Crippen molar-refractivity contribution in [3.05, 3.63) is 72.3 Å². The highest BCUT2D eigenvalue weighted by molar-refractivity contribution is 7.89. The number of halogens is 2. The second-order valence-electron chi connectivity index (χ2n) is 14.9. The van der Waals surface area contributed by atoms with Crippen LogP contribution in [0.25, 0.3) is 21.5 Å². The van der Waals surface area contributed by atoms with Crippen molar-refractivity contribution < 1.29 is 35.1 Å². The van der Waals surface area contributed by atoms with Crippen molar-refractivity contribution in [3.8, 4) is 0 Å². The Kier molecular flexibility index (Phi) is 8.14. The molecule has 16 heteroatoms. The molecule has 0 saturated carbocycles. The highest BCUT2D eigenvalue weighted by Crippen LogP contribution is 2.47. The van der Waals surface area contributed by atoms with Gasteiger partial charge in [0.05, 0.1) is 28.2 Å². The van der Waals surface area contributed by atoms with Crippen molar-refractivity contribution >= 4 is 47.7 Å². The van der Waals surface area contributed by atoms with Crippen LogP contribution < -0.4 is 5.32 Å². The van der Waals surface area contributed by atoms with Gasteiger partial charge < -0.3 is 15.0 Å². The number of rotatable bonds is 5. The van der Waals surface area contributed by atoms with Crippen LogP contribution in [0, 0.1) is 23.5 Å². The van der Waals surface area contributed by atoms with Crippen LogP contribution in [0.15, 0.2) is 64.9 Å². The fraction of sp³-hybridized carbons (Fsp3) is 0.457. The quantitative estimate of drug-likeness (QED) is 0.321. The largest absolute Gasteiger partial charge is 0.444 e. The van der Waals surface area contributed by atoms with Crippen molar-refractivity contribution in [2.24, 2.45) is 11.8 Å². The number of hydrogen-bond acceptors (Lipinski definition) is 9. The number of carbonyl (C=O) groups is 1. The van der Waals surface area contributed by atoms with Crippen LogP contribution in [0.1, 0.15) is 38.7 Å². The van der Waals surface area contributed by atoms with Gasteiger partial charge in [-0.1, -0.05) is 18.2 Å². The number of sulfonamides is 2. The Labute approximate surface area is 294 Å². The topological polar surface area (TPSA) is 142 Å². The van der Waals surface area contributed by atoms with Crippen LogP contribution in [-0.4, -0.2) is 103 Å². The number of benzene rings is 2. The highest BCUT2D eigenvalue weighted by Gasteiger charge is 2.53. The van der Waals surface area contributed by atoms with E-state index in [1.54, 1.807) is 32.9 Å². The molecule has 8 rings (SSSR count). The van der Waals surface area contributed by atoms with E-state index in [4.69, 9.17) is 4.74 Å². The molecule has 12 nitrogen and oxygen atoms in total. The normalized spacial score (nSPS) is 25.9. The highest BCUT2D eigenvalue weighted by atomic mass is 32.2. The van der Waals surface area contributed by atoms with Crippen molar-refractivity contribution in [1.29, 1.82) is 0 Å². The van der Waals surface area contributed by atoms with Crippen LogP contribution in [0.4, 0.5) is 13.6 Å². The summed E-state index contributed by atoms with van der Waals surface area (Å²) in [6.07, 6.45) is 5.00. The van der Waals surface area contributed by atoms with Gasteiger partial charge in [0, 0.05) is 84.5 Å². The maximum absolute atomic E-state index is 15.8. The number of likely N-dealkylation sites (tertiary alicyclic amines) is 1. The number of fused-ring (bicyclic) bond motifs is 4. The number of ether oxygens (including phenoxy) is 1. The number of hydrogen-bond donors (Lipinski definition) is 1. The standard InChI is InChI=1S/C35H38F2N6O6S2/c1-35(2,3)49-34(44)43-17-24(25-16-42(19-29(25)43)50(45,46)30-6-4-5-20-11-38-13-26(36)32(20)30)22-7-8-31(33-23(22)12-39-14-27(33)37)51(47,48)41-15-21-9-10-40-28(21)18-41/h4-8,11-14,21,24-25,28-29,40H,9-10,15-19H2,1-3H3/t21-,24?,25+,28+,29+/m0/s1. The summed E-state index contributed by atoms with van der Waals surface area (Å²) in [6, 6.07) is 6.92. The third-order valence-corrected chi connectivity index (χ3v) is 14.5. The molecule has 0 radical (unpaired) electrons. The molecule has 1 amide bonds. The van der Waals surface area contributed by atoms with E-state index in [2.05, 4.69) is 15.3 Å². The molecular weight excluding hydrogens is 703 g/mol. The van der Waals surface area contributed by atoms with E-state index in [1.165, 1.54) is 44.1 Å². The minimum Gasteiger partial charge on any atom is -0.444 e. The van der Waals surface area contributed by atoms with E-state index in [-0.39, 0.29) is 57.5 Å². The van der Waals surface area contributed by atoms with Gasteiger partial charge in [0.15, 0.2) is 11.6 Å². The van der Waals surface area contributed by atoms with E-state index in [9.17, 15) is 21.6 Å². The Bertz CT molecular complexity index is 2290. The molecular formula is C35H38F2N6O6S2. The number of aromatic nitrogens is 2. The van der Waals surface area contributed by atoms with Gasteiger partial charge >= 0.3 is 6.09 Å².